The second-order valence-corrected chi connectivity index (χ2v) is 10.7. The van der Waals surface area contributed by atoms with Gasteiger partial charge in [-0.05, 0) is 71.0 Å². The standard InChI is InChI=1S/C24H23IN2O4S/c1-15-5-11-19(12-6-15)32(29,30)27-22(25)13-20-21(14-26(3)24(28)23(20)27)16(2)17-7-9-18(31-4)10-8-17/h5-14,16H,1-4H3. The summed E-state index contributed by atoms with van der Waals surface area (Å²) in [5.41, 5.74) is 2.68. The average molecular weight is 562 g/mol. The summed E-state index contributed by atoms with van der Waals surface area (Å²) in [6.07, 6.45) is 1.79. The Morgan fingerprint density at radius 1 is 1.03 bits per heavy atom. The van der Waals surface area contributed by atoms with E-state index in [2.05, 4.69) is 0 Å². The van der Waals surface area contributed by atoms with Gasteiger partial charge in [-0.15, -0.1) is 0 Å². The van der Waals surface area contributed by atoms with E-state index >= 15 is 0 Å². The van der Waals surface area contributed by atoms with Gasteiger partial charge in [0.05, 0.1) is 15.7 Å². The van der Waals surface area contributed by atoms with Gasteiger partial charge in [-0.1, -0.05) is 36.8 Å². The minimum Gasteiger partial charge on any atom is -0.497 e. The van der Waals surface area contributed by atoms with E-state index in [-0.39, 0.29) is 21.9 Å². The lowest BCUT2D eigenvalue weighted by molar-refractivity contribution is 0.414. The van der Waals surface area contributed by atoms with Crippen molar-refractivity contribution in [1.82, 2.24) is 8.54 Å². The molecule has 6 nitrogen and oxygen atoms in total. The number of ether oxygens (including phenoxy) is 1. The molecule has 8 heteroatoms. The van der Waals surface area contributed by atoms with Crippen LogP contribution in [0.15, 0.2) is 70.5 Å². The van der Waals surface area contributed by atoms with E-state index in [1.165, 1.54) is 8.54 Å². The molecular weight excluding hydrogens is 539 g/mol. The fraction of sp³-hybridized carbons (Fsp3) is 0.208. The van der Waals surface area contributed by atoms with Crippen molar-refractivity contribution in [3.63, 3.8) is 0 Å². The van der Waals surface area contributed by atoms with Crippen LogP contribution in [0.1, 0.15) is 29.5 Å². The molecule has 2 aromatic carbocycles. The van der Waals surface area contributed by atoms with Crippen LogP contribution in [0.2, 0.25) is 0 Å². The maximum atomic E-state index is 13.5. The van der Waals surface area contributed by atoms with E-state index in [4.69, 9.17) is 4.74 Å². The second kappa shape index (κ2) is 8.40. The first-order valence-electron chi connectivity index (χ1n) is 10.0. The molecule has 4 rings (SSSR count). The van der Waals surface area contributed by atoms with Crippen molar-refractivity contribution in [2.24, 2.45) is 7.05 Å². The minimum atomic E-state index is -3.95. The molecule has 2 heterocycles. The van der Waals surface area contributed by atoms with Crippen molar-refractivity contribution in [1.29, 1.82) is 0 Å². The Balaban J connectivity index is 1.96. The van der Waals surface area contributed by atoms with Crippen molar-refractivity contribution in [3.05, 3.63) is 91.5 Å². The highest BCUT2D eigenvalue weighted by Crippen LogP contribution is 2.33. The fourth-order valence-corrected chi connectivity index (χ4v) is 6.58. The Morgan fingerprint density at radius 2 is 1.66 bits per heavy atom. The zero-order valence-electron chi connectivity index (χ0n) is 18.2. The number of methoxy groups -OCH3 is 1. The highest BCUT2D eigenvalue weighted by Gasteiger charge is 2.27. The van der Waals surface area contributed by atoms with Gasteiger partial charge in [0.2, 0.25) is 0 Å². The Bertz CT molecular complexity index is 1470. The third kappa shape index (κ3) is 3.75. The summed E-state index contributed by atoms with van der Waals surface area (Å²) in [4.78, 5) is 13.3. The van der Waals surface area contributed by atoms with Gasteiger partial charge in [0.15, 0.2) is 0 Å². The third-order valence-electron chi connectivity index (χ3n) is 5.72. The van der Waals surface area contributed by atoms with Crippen LogP contribution in [0.3, 0.4) is 0 Å². The third-order valence-corrected chi connectivity index (χ3v) is 8.57. The summed E-state index contributed by atoms with van der Waals surface area (Å²) in [5, 5.41) is 0.636. The summed E-state index contributed by atoms with van der Waals surface area (Å²) in [7, 11) is -0.679. The van der Waals surface area contributed by atoms with Crippen molar-refractivity contribution in [2.45, 2.75) is 24.7 Å². The van der Waals surface area contributed by atoms with Crippen molar-refractivity contribution >= 4 is 43.5 Å². The largest absolute Gasteiger partial charge is 0.497 e. The molecule has 0 radical (unpaired) electrons. The number of pyridine rings is 1. The van der Waals surface area contributed by atoms with Crippen LogP contribution in [0.25, 0.3) is 10.9 Å². The van der Waals surface area contributed by atoms with Crippen LogP contribution in [0.4, 0.5) is 0 Å². The fourth-order valence-electron chi connectivity index (χ4n) is 3.86. The van der Waals surface area contributed by atoms with Gasteiger partial charge < -0.3 is 9.30 Å². The Hall–Kier alpha value is -2.59. The zero-order chi connectivity index (χ0) is 23.2. The van der Waals surface area contributed by atoms with Crippen LogP contribution >= 0.6 is 22.6 Å². The molecule has 1 atom stereocenters. The first-order valence-corrected chi connectivity index (χ1v) is 12.5. The summed E-state index contributed by atoms with van der Waals surface area (Å²) in [6, 6.07) is 16.2. The van der Waals surface area contributed by atoms with Gasteiger partial charge in [-0.25, -0.2) is 12.4 Å². The number of halogens is 1. The van der Waals surface area contributed by atoms with Crippen LogP contribution in [-0.4, -0.2) is 24.1 Å². The molecule has 0 fully saturated rings. The lowest BCUT2D eigenvalue weighted by Gasteiger charge is -2.16. The minimum absolute atomic E-state index is 0.0658. The molecule has 0 aliphatic rings. The highest BCUT2D eigenvalue weighted by atomic mass is 127. The quantitative estimate of drug-likeness (QED) is 0.332. The molecule has 0 saturated carbocycles. The predicted octanol–water partition coefficient (Wildman–Crippen LogP) is 4.65. The highest BCUT2D eigenvalue weighted by molar-refractivity contribution is 14.1. The molecule has 0 aliphatic heterocycles. The molecule has 166 valence electrons. The van der Waals surface area contributed by atoms with Crippen molar-refractivity contribution in [2.75, 3.05) is 7.11 Å². The Morgan fingerprint density at radius 3 is 2.25 bits per heavy atom. The first-order chi connectivity index (χ1) is 15.1. The maximum Gasteiger partial charge on any atom is 0.275 e. The van der Waals surface area contributed by atoms with E-state index in [1.54, 1.807) is 50.7 Å². The molecule has 0 spiro atoms. The predicted molar refractivity (Wildman–Crippen MR) is 134 cm³/mol. The molecule has 0 amide bonds. The lowest BCUT2D eigenvalue weighted by atomic mass is 9.92. The molecule has 0 aliphatic carbocycles. The summed E-state index contributed by atoms with van der Waals surface area (Å²) in [6.45, 7) is 3.94. The maximum absolute atomic E-state index is 13.5. The summed E-state index contributed by atoms with van der Waals surface area (Å²) in [5.74, 6) is 0.695. The van der Waals surface area contributed by atoms with E-state index in [1.807, 2.05) is 60.7 Å². The van der Waals surface area contributed by atoms with Crippen molar-refractivity contribution < 1.29 is 13.2 Å². The number of benzene rings is 2. The summed E-state index contributed by atoms with van der Waals surface area (Å²) >= 11 is 1.98. The zero-order valence-corrected chi connectivity index (χ0v) is 21.1. The number of nitrogens with zero attached hydrogens (tertiary/aromatic N) is 2. The molecule has 1 unspecified atom stereocenters. The van der Waals surface area contributed by atoms with E-state index in [0.29, 0.717) is 9.09 Å². The smallest absolute Gasteiger partial charge is 0.275 e. The number of rotatable bonds is 5. The number of hydrogen-bond donors (Lipinski definition) is 0. The van der Waals surface area contributed by atoms with Crippen LogP contribution in [-0.2, 0) is 17.1 Å². The molecule has 0 N–H and O–H groups in total. The van der Waals surface area contributed by atoms with Crippen LogP contribution in [0, 0.1) is 10.6 Å². The van der Waals surface area contributed by atoms with E-state index < -0.39 is 10.0 Å². The normalized spacial score (nSPS) is 12.8. The first kappa shape index (κ1) is 22.6. The van der Waals surface area contributed by atoms with Crippen molar-refractivity contribution in [3.8, 4) is 5.75 Å². The Labute approximate surface area is 200 Å². The van der Waals surface area contributed by atoms with Gasteiger partial charge in [0.25, 0.3) is 15.6 Å². The molecule has 32 heavy (non-hydrogen) atoms. The molecule has 2 aromatic heterocycles. The van der Waals surface area contributed by atoms with Gasteiger partial charge in [-0.3, -0.25) is 4.79 Å². The van der Waals surface area contributed by atoms with E-state index in [9.17, 15) is 13.2 Å². The summed E-state index contributed by atoms with van der Waals surface area (Å²) < 4.78 is 35.4. The molecular formula is C24H23IN2O4S. The number of hydrogen-bond acceptors (Lipinski definition) is 4. The lowest BCUT2D eigenvalue weighted by Crippen LogP contribution is -2.24. The molecule has 0 saturated heterocycles. The van der Waals surface area contributed by atoms with Crippen LogP contribution < -0.4 is 10.3 Å². The van der Waals surface area contributed by atoms with Crippen LogP contribution in [0.5, 0.6) is 5.75 Å². The van der Waals surface area contributed by atoms with Gasteiger partial charge in [0, 0.05) is 24.5 Å². The van der Waals surface area contributed by atoms with Gasteiger partial charge >= 0.3 is 0 Å². The molecule has 4 aromatic rings. The second-order valence-electron chi connectivity index (χ2n) is 7.81. The van der Waals surface area contributed by atoms with E-state index in [0.717, 1.165) is 22.4 Å². The number of aryl methyl sites for hydroxylation is 2. The average Bonchev–Trinajstić information content (AvgIpc) is 3.14. The van der Waals surface area contributed by atoms with Gasteiger partial charge in [0.1, 0.15) is 11.3 Å². The number of fused-ring (bicyclic) bond motifs is 1. The topological polar surface area (TPSA) is 70.3 Å². The van der Waals surface area contributed by atoms with Gasteiger partial charge in [-0.2, -0.15) is 0 Å². The molecule has 0 bridgehead atoms. The Kier molecular flexibility index (Phi) is 5.93. The SMILES string of the molecule is COc1ccc(C(C)c2cn(C)c(=O)c3c2cc(I)n3S(=O)(=O)c2ccc(C)cc2)cc1. The number of aromatic nitrogens is 2. The monoisotopic (exact) mass is 562 g/mol.